The van der Waals surface area contributed by atoms with E-state index in [4.69, 9.17) is 16.3 Å². The predicted octanol–water partition coefficient (Wildman–Crippen LogP) is 2.94. The zero-order chi connectivity index (χ0) is 10.4. The lowest BCUT2D eigenvalue weighted by atomic mass is 10.3. The highest BCUT2D eigenvalue weighted by Crippen LogP contribution is 2.31. The molecular weight excluding hydrogens is 286 g/mol. The van der Waals surface area contributed by atoms with E-state index in [1.165, 1.54) is 4.88 Å². The fourth-order valence-corrected chi connectivity index (χ4v) is 2.82. The number of nitrogens with one attached hydrogen (secondary N) is 1. The maximum absolute atomic E-state index is 5.92. The third-order valence-corrected chi connectivity index (χ3v) is 4.26. The van der Waals surface area contributed by atoms with Crippen LogP contribution in [0.15, 0.2) is 10.5 Å². The molecule has 0 saturated carbocycles. The van der Waals surface area contributed by atoms with Crippen LogP contribution in [-0.4, -0.2) is 26.8 Å². The first-order chi connectivity index (χ1) is 6.74. The van der Waals surface area contributed by atoms with Crippen molar-refractivity contribution in [1.82, 2.24) is 5.32 Å². The molecule has 0 atom stereocenters. The SMILES string of the molecule is COCCNCCc1cc(Br)c(Cl)s1. The highest BCUT2D eigenvalue weighted by molar-refractivity contribution is 9.10. The number of ether oxygens (including phenoxy) is 1. The van der Waals surface area contributed by atoms with E-state index in [0.29, 0.717) is 0 Å². The molecule has 14 heavy (non-hydrogen) atoms. The van der Waals surface area contributed by atoms with Gasteiger partial charge >= 0.3 is 0 Å². The Morgan fingerprint density at radius 3 is 2.93 bits per heavy atom. The van der Waals surface area contributed by atoms with Gasteiger partial charge in [0.05, 0.1) is 6.61 Å². The van der Waals surface area contributed by atoms with Gasteiger partial charge in [-0.15, -0.1) is 11.3 Å². The number of hydrogen-bond acceptors (Lipinski definition) is 3. The van der Waals surface area contributed by atoms with Gasteiger partial charge in [-0.2, -0.15) is 0 Å². The topological polar surface area (TPSA) is 21.3 Å². The maximum Gasteiger partial charge on any atom is 0.107 e. The van der Waals surface area contributed by atoms with Gasteiger partial charge in [-0.1, -0.05) is 11.6 Å². The quantitative estimate of drug-likeness (QED) is 0.815. The van der Waals surface area contributed by atoms with E-state index in [-0.39, 0.29) is 0 Å². The van der Waals surface area contributed by atoms with E-state index < -0.39 is 0 Å². The lowest BCUT2D eigenvalue weighted by Gasteiger charge is -2.01. The summed E-state index contributed by atoms with van der Waals surface area (Å²) in [7, 11) is 1.71. The van der Waals surface area contributed by atoms with Gasteiger partial charge in [-0.3, -0.25) is 0 Å². The van der Waals surface area contributed by atoms with Crippen LogP contribution in [0.2, 0.25) is 4.34 Å². The van der Waals surface area contributed by atoms with Crippen LogP contribution < -0.4 is 5.32 Å². The molecule has 2 nitrogen and oxygen atoms in total. The summed E-state index contributed by atoms with van der Waals surface area (Å²) >= 11 is 10.9. The second kappa shape index (κ2) is 6.80. The third-order valence-electron chi connectivity index (χ3n) is 1.73. The second-order valence-corrected chi connectivity index (χ2v) is 5.42. The van der Waals surface area contributed by atoms with E-state index >= 15 is 0 Å². The zero-order valence-corrected chi connectivity index (χ0v) is 11.1. The summed E-state index contributed by atoms with van der Waals surface area (Å²) in [6, 6.07) is 2.07. The Kier molecular flexibility index (Phi) is 6.05. The first-order valence-electron chi connectivity index (χ1n) is 4.37. The Hall–Kier alpha value is 0.390. The fourth-order valence-electron chi connectivity index (χ4n) is 1.03. The molecule has 0 fully saturated rings. The van der Waals surface area contributed by atoms with Crippen molar-refractivity contribution < 1.29 is 4.74 Å². The minimum absolute atomic E-state index is 0.759. The summed E-state index contributed by atoms with van der Waals surface area (Å²) in [6.07, 6.45) is 1.01. The highest BCUT2D eigenvalue weighted by Gasteiger charge is 2.03. The zero-order valence-electron chi connectivity index (χ0n) is 7.98. The highest BCUT2D eigenvalue weighted by atomic mass is 79.9. The van der Waals surface area contributed by atoms with Crippen molar-refractivity contribution in [3.8, 4) is 0 Å². The predicted molar refractivity (Wildman–Crippen MR) is 65.5 cm³/mol. The van der Waals surface area contributed by atoms with Crippen LogP contribution in [0.25, 0.3) is 0 Å². The summed E-state index contributed by atoms with van der Waals surface area (Å²) in [5, 5.41) is 3.29. The average molecular weight is 299 g/mol. The fraction of sp³-hybridized carbons (Fsp3) is 0.556. The molecule has 1 heterocycles. The van der Waals surface area contributed by atoms with Crippen molar-refractivity contribution in [3.63, 3.8) is 0 Å². The Morgan fingerprint density at radius 1 is 1.57 bits per heavy atom. The normalized spacial score (nSPS) is 10.8. The van der Waals surface area contributed by atoms with E-state index in [0.717, 1.165) is 34.9 Å². The summed E-state index contributed by atoms with van der Waals surface area (Å²) in [5.74, 6) is 0. The van der Waals surface area contributed by atoms with Crippen molar-refractivity contribution in [2.75, 3.05) is 26.8 Å². The van der Waals surface area contributed by atoms with Gasteiger partial charge in [0, 0.05) is 29.5 Å². The molecule has 1 aromatic rings. The molecule has 80 valence electrons. The summed E-state index contributed by atoms with van der Waals surface area (Å²) in [4.78, 5) is 1.30. The van der Waals surface area contributed by atoms with Crippen LogP contribution >= 0.6 is 38.9 Å². The molecule has 0 aliphatic carbocycles. The number of halogens is 2. The standard InChI is InChI=1S/C9H13BrClNOS/c1-13-5-4-12-3-2-7-6-8(10)9(11)14-7/h6,12H,2-5H2,1H3. The lowest BCUT2D eigenvalue weighted by molar-refractivity contribution is 0.199. The summed E-state index contributed by atoms with van der Waals surface area (Å²) < 4.78 is 6.76. The number of rotatable bonds is 6. The molecule has 0 aliphatic heterocycles. The number of hydrogen-bond donors (Lipinski definition) is 1. The van der Waals surface area contributed by atoms with Crippen LogP contribution in [-0.2, 0) is 11.2 Å². The molecule has 1 aromatic heterocycles. The third kappa shape index (κ3) is 4.28. The average Bonchev–Trinajstić information content (AvgIpc) is 2.46. The Bertz CT molecular complexity index is 260. The van der Waals surface area contributed by atoms with E-state index in [9.17, 15) is 0 Å². The molecular formula is C9H13BrClNOS. The molecule has 1 rings (SSSR count). The molecule has 0 unspecified atom stereocenters. The summed E-state index contributed by atoms with van der Waals surface area (Å²) in [5.41, 5.74) is 0. The van der Waals surface area contributed by atoms with E-state index in [2.05, 4.69) is 27.3 Å². The van der Waals surface area contributed by atoms with Crippen LogP contribution in [0.4, 0.5) is 0 Å². The summed E-state index contributed by atoms with van der Waals surface area (Å²) in [6.45, 7) is 2.62. The molecule has 5 heteroatoms. The Balaban J connectivity index is 2.18. The smallest absolute Gasteiger partial charge is 0.107 e. The first kappa shape index (κ1) is 12.5. The maximum atomic E-state index is 5.92. The van der Waals surface area contributed by atoms with Crippen LogP contribution in [0.5, 0.6) is 0 Å². The number of thiophene rings is 1. The van der Waals surface area contributed by atoms with Gasteiger partial charge in [0.15, 0.2) is 0 Å². The van der Waals surface area contributed by atoms with E-state index in [1.807, 2.05) is 0 Å². The Labute approximate surface area is 102 Å². The molecule has 0 spiro atoms. The molecule has 0 saturated heterocycles. The van der Waals surface area contributed by atoms with Gasteiger partial charge in [-0.05, 0) is 28.4 Å². The van der Waals surface area contributed by atoms with Gasteiger partial charge in [0.1, 0.15) is 4.34 Å². The lowest BCUT2D eigenvalue weighted by Crippen LogP contribution is -2.21. The second-order valence-electron chi connectivity index (χ2n) is 2.83. The van der Waals surface area contributed by atoms with Crippen molar-refractivity contribution >= 4 is 38.9 Å². The molecule has 0 aliphatic rings. The first-order valence-corrected chi connectivity index (χ1v) is 6.36. The minimum atomic E-state index is 0.759. The van der Waals surface area contributed by atoms with Crippen LogP contribution in [0.3, 0.4) is 0 Å². The van der Waals surface area contributed by atoms with Crippen LogP contribution in [0, 0.1) is 0 Å². The van der Waals surface area contributed by atoms with Crippen molar-refractivity contribution in [2.45, 2.75) is 6.42 Å². The molecule has 0 bridgehead atoms. The van der Waals surface area contributed by atoms with Gasteiger partial charge in [0.2, 0.25) is 0 Å². The monoisotopic (exact) mass is 297 g/mol. The molecule has 0 radical (unpaired) electrons. The largest absolute Gasteiger partial charge is 0.383 e. The Morgan fingerprint density at radius 2 is 2.36 bits per heavy atom. The van der Waals surface area contributed by atoms with E-state index in [1.54, 1.807) is 18.4 Å². The molecule has 0 amide bonds. The van der Waals surface area contributed by atoms with Gasteiger partial charge in [0.25, 0.3) is 0 Å². The van der Waals surface area contributed by atoms with Crippen molar-refractivity contribution in [2.24, 2.45) is 0 Å². The molecule has 1 N–H and O–H groups in total. The van der Waals surface area contributed by atoms with Crippen LogP contribution in [0.1, 0.15) is 4.88 Å². The van der Waals surface area contributed by atoms with Gasteiger partial charge in [-0.25, -0.2) is 0 Å². The van der Waals surface area contributed by atoms with Crippen molar-refractivity contribution in [1.29, 1.82) is 0 Å². The minimum Gasteiger partial charge on any atom is -0.383 e. The van der Waals surface area contributed by atoms with Gasteiger partial charge < -0.3 is 10.1 Å². The van der Waals surface area contributed by atoms with Crippen molar-refractivity contribution in [3.05, 3.63) is 19.8 Å². The number of methoxy groups -OCH3 is 1. The molecule has 0 aromatic carbocycles.